The molecule has 20 heavy (non-hydrogen) atoms. The van der Waals surface area contributed by atoms with Gasteiger partial charge < -0.3 is 4.42 Å². The number of fused-ring (bicyclic) bond motifs is 1. The van der Waals surface area contributed by atoms with Gasteiger partial charge in [-0.05, 0) is 38.1 Å². The summed E-state index contributed by atoms with van der Waals surface area (Å²) >= 11 is 0. The minimum Gasteiger partial charge on any atom is -0.459 e. The van der Waals surface area contributed by atoms with Crippen molar-refractivity contribution in [1.82, 2.24) is 10.3 Å². The Kier molecular flexibility index (Phi) is 3.52. The number of hydrogen-bond acceptors (Lipinski definition) is 3. The van der Waals surface area contributed by atoms with E-state index in [0.717, 1.165) is 22.4 Å². The van der Waals surface area contributed by atoms with Crippen LogP contribution >= 0.6 is 0 Å². The second-order valence-corrected chi connectivity index (χ2v) is 5.05. The molecule has 1 aromatic carbocycles. The molecule has 0 aliphatic carbocycles. The van der Waals surface area contributed by atoms with Crippen LogP contribution in [-0.2, 0) is 0 Å². The van der Waals surface area contributed by atoms with Crippen LogP contribution in [0.1, 0.15) is 37.4 Å². The van der Waals surface area contributed by atoms with Crippen LogP contribution in [0.25, 0.3) is 11.0 Å². The number of hydrogen-bond donors (Lipinski definition) is 1. The fraction of sp³-hybridized carbons (Fsp3) is 0.235. The Labute approximate surface area is 118 Å². The first-order valence-corrected chi connectivity index (χ1v) is 6.89. The average molecular weight is 266 g/mol. The van der Waals surface area contributed by atoms with Gasteiger partial charge in [0, 0.05) is 17.6 Å². The summed E-state index contributed by atoms with van der Waals surface area (Å²) in [5, 5.41) is 4.66. The van der Waals surface area contributed by atoms with Crippen LogP contribution in [-0.4, -0.2) is 4.98 Å². The van der Waals surface area contributed by atoms with Crippen molar-refractivity contribution in [2.45, 2.75) is 25.9 Å². The summed E-state index contributed by atoms with van der Waals surface area (Å²) in [6.07, 6.45) is 1.82. The van der Waals surface area contributed by atoms with Crippen molar-refractivity contribution in [3.05, 3.63) is 66.2 Å². The highest BCUT2D eigenvalue weighted by Gasteiger charge is 2.15. The minimum atomic E-state index is 0.138. The molecule has 0 radical (unpaired) electrons. The van der Waals surface area contributed by atoms with Crippen LogP contribution in [0.4, 0.5) is 0 Å². The van der Waals surface area contributed by atoms with Gasteiger partial charge in [0.15, 0.2) is 0 Å². The molecule has 0 amide bonds. The van der Waals surface area contributed by atoms with E-state index >= 15 is 0 Å². The number of para-hydroxylation sites is 1. The monoisotopic (exact) mass is 266 g/mol. The molecule has 1 unspecified atom stereocenters. The van der Waals surface area contributed by atoms with Crippen molar-refractivity contribution in [2.24, 2.45) is 0 Å². The molecule has 2 heterocycles. The van der Waals surface area contributed by atoms with Gasteiger partial charge in [-0.25, -0.2) is 0 Å². The van der Waals surface area contributed by atoms with E-state index in [9.17, 15) is 0 Å². The van der Waals surface area contributed by atoms with E-state index in [1.807, 2.05) is 42.6 Å². The molecule has 3 heteroatoms. The van der Waals surface area contributed by atoms with Crippen LogP contribution in [0, 0.1) is 0 Å². The van der Waals surface area contributed by atoms with Crippen molar-refractivity contribution in [2.75, 3.05) is 0 Å². The Bertz CT molecular complexity index is 657. The number of pyridine rings is 1. The van der Waals surface area contributed by atoms with Crippen molar-refractivity contribution in [3.8, 4) is 0 Å². The SMILES string of the molecule is CC(N[C@H](C)c1ccccn1)c1cc2ccccc2o1. The summed E-state index contributed by atoms with van der Waals surface area (Å²) in [6.45, 7) is 4.22. The molecule has 0 aliphatic rings. The maximum atomic E-state index is 5.88. The highest BCUT2D eigenvalue weighted by atomic mass is 16.3. The molecular formula is C17H18N2O. The highest BCUT2D eigenvalue weighted by molar-refractivity contribution is 5.77. The van der Waals surface area contributed by atoms with E-state index in [2.05, 4.69) is 36.3 Å². The Morgan fingerprint density at radius 1 is 1.00 bits per heavy atom. The Morgan fingerprint density at radius 2 is 1.80 bits per heavy atom. The molecule has 102 valence electrons. The van der Waals surface area contributed by atoms with Crippen molar-refractivity contribution < 1.29 is 4.42 Å². The lowest BCUT2D eigenvalue weighted by molar-refractivity contribution is 0.413. The van der Waals surface area contributed by atoms with Crippen LogP contribution < -0.4 is 5.32 Å². The zero-order valence-corrected chi connectivity index (χ0v) is 11.7. The molecule has 0 saturated carbocycles. The smallest absolute Gasteiger partial charge is 0.134 e. The molecule has 3 rings (SSSR count). The summed E-state index contributed by atoms with van der Waals surface area (Å²) in [4.78, 5) is 4.38. The van der Waals surface area contributed by atoms with E-state index < -0.39 is 0 Å². The third kappa shape index (κ3) is 2.58. The van der Waals surface area contributed by atoms with Gasteiger partial charge in [0.25, 0.3) is 0 Å². The highest BCUT2D eigenvalue weighted by Crippen LogP contribution is 2.25. The van der Waals surface area contributed by atoms with Gasteiger partial charge in [-0.3, -0.25) is 10.3 Å². The average Bonchev–Trinajstić information content (AvgIpc) is 2.92. The lowest BCUT2D eigenvalue weighted by atomic mass is 10.1. The van der Waals surface area contributed by atoms with E-state index in [0.29, 0.717) is 0 Å². The molecule has 1 N–H and O–H groups in total. The first-order valence-electron chi connectivity index (χ1n) is 6.89. The zero-order chi connectivity index (χ0) is 13.9. The second-order valence-electron chi connectivity index (χ2n) is 5.05. The van der Waals surface area contributed by atoms with Gasteiger partial charge >= 0.3 is 0 Å². The maximum absolute atomic E-state index is 5.88. The van der Waals surface area contributed by atoms with Gasteiger partial charge in [-0.2, -0.15) is 0 Å². The second kappa shape index (κ2) is 5.47. The standard InChI is InChI=1S/C17H18N2O/c1-12(15-8-5-6-10-18-15)19-13(2)17-11-14-7-3-4-9-16(14)20-17/h3-13,19H,1-2H3/t12-,13?/m1/s1. The molecular weight excluding hydrogens is 248 g/mol. The number of nitrogens with one attached hydrogen (secondary N) is 1. The normalized spacial score (nSPS) is 14.3. The van der Waals surface area contributed by atoms with E-state index in [1.165, 1.54) is 0 Å². The van der Waals surface area contributed by atoms with Crippen molar-refractivity contribution >= 4 is 11.0 Å². The van der Waals surface area contributed by atoms with Gasteiger partial charge in [-0.15, -0.1) is 0 Å². The van der Waals surface area contributed by atoms with Gasteiger partial charge in [0.2, 0.25) is 0 Å². The van der Waals surface area contributed by atoms with Gasteiger partial charge in [0.1, 0.15) is 11.3 Å². The molecule has 0 bridgehead atoms. The van der Waals surface area contributed by atoms with Gasteiger partial charge in [-0.1, -0.05) is 24.3 Å². The molecule has 2 atom stereocenters. The van der Waals surface area contributed by atoms with Crippen molar-refractivity contribution in [3.63, 3.8) is 0 Å². The van der Waals surface area contributed by atoms with Crippen LogP contribution in [0.5, 0.6) is 0 Å². The van der Waals surface area contributed by atoms with E-state index in [1.54, 1.807) is 0 Å². The molecule has 2 aromatic heterocycles. The predicted octanol–water partition coefficient (Wildman–Crippen LogP) is 4.24. The lowest BCUT2D eigenvalue weighted by Crippen LogP contribution is -2.22. The number of rotatable bonds is 4. The predicted molar refractivity (Wildman–Crippen MR) is 80.4 cm³/mol. The molecule has 0 saturated heterocycles. The Balaban J connectivity index is 1.77. The molecule has 0 fully saturated rings. The number of benzene rings is 1. The third-order valence-electron chi connectivity index (χ3n) is 3.50. The summed E-state index contributed by atoms with van der Waals surface area (Å²) in [6, 6.07) is 16.5. The number of aromatic nitrogens is 1. The maximum Gasteiger partial charge on any atom is 0.134 e. The third-order valence-corrected chi connectivity index (χ3v) is 3.50. The fourth-order valence-electron chi connectivity index (χ4n) is 2.39. The summed E-state index contributed by atoms with van der Waals surface area (Å²) < 4.78 is 5.88. The molecule has 3 aromatic rings. The summed E-state index contributed by atoms with van der Waals surface area (Å²) in [7, 11) is 0. The number of nitrogens with zero attached hydrogens (tertiary/aromatic N) is 1. The fourth-order valence-corrected chi connectivity index (χ4v) is 2.39. The van der Waals surface area contributed by atoms with Crippen LogP contribution in [0.3, 0.4) is 0 Å². The number of furan rings is 1. The topological polar surface area (TPSA) is 38.1 Å². The van der Waals surface area contributed by atoms with Gasteiger partial charge in [0.05, 0.1) is 11.7 Å². The Hall–Kier alpha value is -2.13. The molecule has 0 spiro atoms. The molecule has 3 nitrogen and oxygen atoms in total. The first-order chi connectivity index (χ1) is 9.74. The summed E-state index contributed by atoms with van der Waals surface area (Å²) in [5.74, 6) is 0.953. The van der Waals surface area contributed by atoms with E-state index in [4.69, 9.17) is 4.42 Å². The largest absolute Gasteiger partial charge is 0.459 e. The first kappa shape index (κ1) is 12.9. The quantitative estimate of drug-likeness (QED) is 0.767. The van der Waals surface area contributed by atoms with Crippen LogP contribution in [0.2, 0.25) is 0 Å². The van der Waals surface area contributed by atoms with Crippen molar-refractivity contribution in [1.29, 1.82) is 0 Å². The minimum absolute atomic E-state index is 0.138. The molecule has 0 aliphatic heterocycles. The van der Waals surface area contributed by atoms with Crippen LogP contribution in [0.15, 0.2) is 59.1 Å². The lowest BCUT2D eigenvalue weighted by Gasteiger charge is -2.17. The van der Waals surface area contributed by atoms with E-state index in [-0.39, 0.29) is 12.1 Å². The Morgan fingerprint density at radius 3 is 2.55 bits per heavy atom. The summed E-state index contributed by atoms with van der Waals surface area (Å²) in [5.41, 5.74) is 1.97. The zero-order valence-electron chi connectivity index (χ0n) is 11.7.